The van der Waals surface area contributed by atoms with E-state index in [0.29, 0.717) is 26.7 Å². The summed E-state index contributed by atoms with van der Waals surface area (Å²) in [5.74, 6) is 0.791. The number of nitrogens with one attached hydrogen (secondary N) is 1. The molecule has 26 heavy (non-hydrogen) atoms. The molecule has 0 bridgehead atoms. The summed E-state index contributed by atoms with van der Waals surface area (Å²) in [4.78, 5) is 12.2. The summed E-state index contributed by atoms with van der Waals surface area (Å²) in [6.07, 6.45) is 0. The van der Waals surface area contributed by atoms with Gasteiger partial charge in [-0.25, -0.2) is 0 Å². The van der Waals surface area contributed by atoms with Crippen molar-refractivity contribution in [2.45, 2.75) is 5.16 Å². The van der Waals surface area contributed by atoms with Gasteiger partial charge in [-0.3, -0.25) is 4.79 Å². The van der Waals surface area contributed by atoms with E-state index in [1.807, 2.05) is 23.7 Å². The van der Waals surface area contributed by atoms with Gasteiger partial charge in [-0.1, -0.05) is 35.0 Å². The van der Waals surface area contributed by atoms with Crippen LogP contribution in [0.2, 0.25) is 10.0 Å². The molecule has 9 heteroatoms. The molecule has 0 spiro atoms. The Morgan fingerprint density at radius 3 is 2.62 bits per heavy atom. The van der Waals surface area contributed by atoms with Crippen LogP contribution in [-0.2, 0) is 11.8 Å². The second-order valence-corrected chi connectivity index (χ2v) is 7.98. The van der Waals surface area contributed by atoms with Gasteiger partial charge in [-0.05, 0) is 58.4 Å². The van der Waals surface area contributed by atoms with Gasteiger partial charge in [0.25, 0.3) is 0 Å². The topological polar surface area (TPSA) is 59.8 Å². The van der Waals surface area contributed by atoms with E-state index >= 15 is 0 Å². The zero-order chi connectivity index (χ0) is 18.7. The standard InChI is InChI=1S/C17H13BrCl2N4OS/c1-24-16(10-2-4-11(19)5-3-10)22-23-17(24)26-9-15(25)21-12-6-7-14(20)13(18)8-12/h2-8H,9H2,1H3,(H,21,25). The Balaban J connectivity index is 1.63. The highest BCUT2D eigenvalue weighted by Crippen LogP contribution is 2.26. The third-order valence-electron chi connectivity index (χ3n) is 3.47. The monoisotopic (exact) mass is 470 g/mol. The Hall–Kier alpha value is -1.54. The molecule has 1 heterocycles. The van der Waals surface area contributed by atoms with Crippen LogP contribution in [0.15, 0.2) is 52.1 Å². The van der Waals surface area contributed by atoms with Gasteiger partial charge < -0.3 is 9.88 Å². The summed E-state index contributed by atoms with van der Waals surface area (Å²) < 4.78 is 2.57. The first-order valence-corrected chi connectivity index (χ1v) is 10.0. The molecule has 2 aromatic carbocycles. The van der Waals surface area contributed by atoms with Gasteiger partial charge >= 0.3 is 0 Å². The maximum absolute atomic E-state index is 12.2. The lowest BCUT2D eigenvalue weighted by Crippen LogP contribution is -2.14. The van der Waals surface area contributed by atoms with Crippen molar-refractivity contribution in [3.8, 4) is 11.4 Å². The van der Waals surface area contributed by atoms with Crippen molar-refractivity contribution in [3.63, 3.8) is 0 Å². The lowest BCUT2D eigenvalue weighted by molar-refractivity contribution is -0.113. The fourth-order valence-electron chi connectivity index (χ4n) is 2.19. The minimum atomic E-state index is -0.139. The number of halogens is 3. The lowest BCUT2D eigenvalue weighted by atomic mass is 10.2. The number of thioether (sulfide) groups is 1. The zero-order valence-electron chi connectivity index (χ0n) is 13.5. The molecule has 3 aromatic rings. The molecule has 0 fully saturated rings. The van der Waals surface area contributed by atoms with Gasteiger partial charge in [0.05, 0.1) is 10.8 Å². The van der Waals surface area contributed by atoms with Crippen molar-refractivity contribution >= 4 is 62.5 Å². The summed E-state index contributed by atoms with van der Waals surface area (Å²) in [5, 5.41) is 13.1. The predicted octanol–water partition coefficient (Wildman–Crippen LogP) is 5.28. The van der Waals surface area contributed by atoms with Crippen molar-refractivity contribution in [2.75, 3.05) is 11.1 Å². The molecule has 134 valence electrons. The van der Waals surface area contributed by atoms with Crippen LogP contribution in [0.5, 0.6) is 0 Å². The predicted molar refractivity (Wildman–Crippen MR) is 110 cm³/mol. The molecular weight excluding hydrogens is 459 g/mol. The quantitative estimate of drug-likeness (QED) is 0.514. The first-order chi connectivity index (χ1) is 12.4. The fraction of sp³-hybridized carbons (Fsp3) is 0.118. The van der Waals surface area contributed by atoms with Crippen LogP contribution in [-0.4, -0.2) is 26.4 Å². The number of aromatic nitrogens is 3. The summed E-state index contributed by atoms with van der Waals surface area (Å²) in [6, 6.07) is 12.6. The van der Waals surface area contributed by atoms with E-state index in [9.17, 15) is 4.79 Å². The highest BCUT2D eigenvalue weighted by molar-refractivity contribution is 9.10. The first kappa shape index (κ1) is 19.2. The molecule has 3 rings (SSSR count). The average molecular weight is 472 g/mol. The maximum Gasteiger partial charge on any atom is 0.234 e. The zero-order valence-corrected chi connectivity index (χ0v) is 17.5. The number of rotatable bonds is 5. The summed E-state index contributed by atoms with van der Waals surface area (Å²) in [7, 11) is 1.86. The number of nitrogens with zero attached hydrogens (tertiary/aromatic N) is 3. The normalized spacial score (nSPS) is 10.8. The number of amides is 1. The van der Waals surface area contributed by atoms with Crippen LogP contribution >= 0.6 is 50.9 Å². The van der Waals surface area contributed by atoms with E-state index < -0.39 is 0 Å². The van der Waals surface area contributed by atoms with Crippen molar-refractivity contribution < 1.29 is 4.79 Å². The van der Waals surface area contributed by atoms with Crippen LogP contribution in [0.1, 0.15) is 0 Å². The highest BCUT2D eigenvalue weighted by atomic mass is 79.9. The van der Waals surface area contributed by atoms with E-state index in [-0.39, 0.29) is 11.7 Å². The van der Waals surface area contributed by atoms with Crippen LogP contribution in [0.3, 0.4) is 0 Å². The van der Waals surface area contributed by atoms with Crippen LogP contribution < -0.4 is 5.32 Å². The van der Waals surface area contributed by atoms with Crippen LogP contribution in [0.4, 0.5) is 5.69 Å². The van der Waals surface area contributed by atoms with E-state index in [4.69, 9.17) is 23.2 Å². The third-order valence-corrected chi connectivity index (χ3v) is 5.96. The van der Waals surface area contributed by atoms with E-state index in [1.54, 1.807) is 30.3 Å². The second kappa shape index (κ2) is 8.43. The van der Waals surface area contributed by atoms with E-state index in [1.165, 1.54) is 11.8 Å². The Kier molecular flexibility index (Phi) is 6.24. The van der Waals surface area contributed by atoms with Gasteiger partial charge in [0.15, 0.2) is 11.0 Å². The van der Waals surface area contributed by atoms with Gasteiger partial charge in [0.2, 0.25) is 5.91 Å². The van der Waals surface area contributed by atoms with Gasteiger partial charge in [-0.15, -0.1) is 10.2 Å². The molecule has 1 amide bonds. The van der Waals surface area contributed by atoms with E-state index in [0.717, 1.165) is 10.0 Å². The number of hydrogen-bond acceptors (Lipinski definition) is 4. The molecule has 0 aliphatic heterocycles. The van der Waals surface area contributed by atoms with Crippen LogP contribution in [0, 0.1) is 0 Å². The van der Waals surface area contributed by atoms with Gasteiger partial charge in [0.1, 0.15) is 0 Å². The molecular formula is C17H13BrCl2N4OS. The number of anilines is 1. The fourth-order valence-corrected chi connectivity index (χ4v) is 3.53. The Morgan fingerprint density at radius 2 is 1.92 bits per heavy atom. The Morgan fingerprint density at radius 1 is 1.19 bits per heavy atom. The number of carbonyl (C=O) groups excluding carboxylic acids is 1. The molecule has 1 aromatic heterocycles. The van der Waals surface area contributed by atoms with Gasteiger partial charge in [-0.2, -0.15) is 0 Å². The van der Waals surface area contributed by atoms with Crippen LogP contribution in [0.25, 0.3) is 11.4 Å². The molecule has 0 aliphatic carbocycles. The summed E-state index contributed by atoms with van der Waals surface area (Å²) >= 11 is 16.5. The van der Waals surface area contributed by atoms with E-state index in [2.05, 4.69) is 31.4 Å². The van der Waals surface area contributed by atoms with Crippen molar-refractivity contribution in [3.05, 3.63) is 57.0 Å². The average Bonchev–Trinajstić information content (AvgIpc) is 2.98. The summed E-state index contributed by atoms with van der Waals surface area (Å²) in [5.41, 5.74) is 1.58. The maximum atomic E-state index is 12.2. The van der Waals surface area contributed by atoms with Crippen molar-refractivity contribution in [1.29, 1.82) is 0 Å². The number of carbonyl (C=O) groups is 1. The van der Waals surface area contributed by atoms with Crippen molar-refractivity contribution in [1.82, 2.24) is 14.8 Å². The molecule has 0 aliphatic rings. The smallest absolute Gasteiger partial charge is 0.234 e. The lowest BCUT2D eigenvalue weighted by Gasteiger charge is -2.07. The highest BCUT2D eigenvalue weighted by Gasteiger charge is 2.13. The molecule has 0 unspecified atom stereocenters. The second-order valence-electron chi connectivity index (χ2n) is 5.34. The van der Waals surface area contributed by atoms with Gasteiger partial charge in [0, 0.05) is 27.8 Å². The largest absolute Gasteiger partial charge is 0.325 e. The molecule has 0 radical (unpaired) electrons. The SMILES string of the molecule is Cn1c(SCC(=O)Nc2ccc(Cl)c(Br)c2)nnc1-c1ccc(Cl)cc1. The van der Waals surface area contributed by atoms with Crippen molar-refractivity contribution in [2.24, 2.45) is 7.05 Å². The Labute approximate surface area is 173 Å². The molecule has 0 saturated carbocycles. The minimum absolute atomic E-state index is 0.139. The minimum Gasteiger partial charge on any atom is -0.325 e. The third kappa shape index (κ3) is 4.59. The molecule has 5 nitrogen and oxygen atoms in total. The Bertz CT molecular complexity index is 946. The number of benzene rings is 2. The summed E-state index contributed by atoms with van der Waals surface area (Å²) in [6.45, 7) is 0. The number of hydrogen-bond donors (Lipinski definition) is 1. The molecule has 1 N–H and O–H groups in total. The first-order valence-electron chi connectivity index (χ1n) is 7.47. The molecule has 0 saturated heterocycles. The molecule has 0 atom stereocenters.